The number of hydrogen-bond acceptors (Lipinski definition) is 3. The van der Waals surface area contributed by atoms with Crippen LogP contribution < -0.4 is 5.19 Å². The minimum absolute atomic E-state index is 0. The maximum atomic E-state index is 8.78. The summed E-state index contributed by atoms with van der Waals surface area (Å²) in [6.07, 6.45) is 4.80. The molecule has 5 aromatic carbocycles. The van der Waals surface area contributed by atoms with Gasteiger partial charge < -0.3 is 14.0 Å². The van der Waals surface area contributed by atoms with E-state index in [2.05, 4.69) is 110 Å². The third kappa shape index (κ3) is 8.52. The molecule has 8 rings (SSSR count). The van der Waals surface area contributed by atoms with Crippen LogP contribution in [-0.2, 0) is 32.9 Å². The molecule has 0 fully saturated rings. The molecule has 6 heteroatoms. The Morgan fingerprint density at radius 3 is 2.33 bits per heavy atom. The Morgan fingerprint density at radius 1 is 0.852 bits per heavy atom. The van der Waals surface area contributed by atoms with E-state index in [4.69, 9.17) is 12.1 Å². The number of aromatic nitrogens is 3. The van der Waals surface area contributed by atoms with Gasteiger partial charge in [-0.3, -0.25) is 4.98 Å². The van der Waals surface area contributed by atoms with Crippen LogP contribution in [0.5, 0.6) is 0 Å². The molecule has 3 heterocycles. The molecule has 0 saturated heterocycles. The Kier molecular flexibility index (Phi) is 10.8. The summed E-state index contributed by atoms with van der Waals surface area (Å²) in [5.41, 5.74) is 7.91. The molecule has 0 N–H and O–H groups in total. The number of hydrogen-bond donors (Lipinski definition) is 0. The second kappa shape index (κ2) is 16.0. The predicted octanol–water partition coefficient (Wildman–Crippen LogP) is 12.3. The van der Waals surface area contributed by atoms with E-state index >= 15 is 0 Å². The molecule has 0 bridgehead atoms. The number of pyridine rings is 1. The third-order valence-corrected chi connectivity index (χ3v) is 11.3. The number of imidazole rings is 1. The second-order valence-electron chi connectivity index (χ2n) is 16.3. The fourth-order valence-corrected chi connectivity index (χ4v) is 8.56. The summed E-state index contributed by atoms with van der Waals surface area (Å²) in [5, 5.41) is 4.56. The summed E-state index contributed by atoms with van der Waals surface area (Å²) >= 11 is 0. The zero-order valence-electron chi connectivity index (χ0n) is 34.4. The van der Waals surface area contributed by atoms with Gasteiger partial charge in [0, 0.05) is 52.0 Å². The number of para-hydroxylation sites is 2. The second-order valence-corrected chi connectivity index (χ2v) is 21.3. The van der Waals surface area contributed by atoms with Gasteiger partial charge in [-0.1, -0.05) is 149 Å². The fraction of sp³-hybridized carbons (Fsp3) is 0.250. The first-order chi connectivity index (χ1) is 26.1. The molecule has 8 aromatic rings. The fourth-order valence-electron chi connectivity index (χ4n) is 6.97. The van der Waals surface area contributed by atoms with Crippen LogP contribution in [0.3, 0.4) is 0 Å². The molecule has 54 heavy (non-hydrogen) atoms. The molecule has 0 aliphatic heterocycles. The Hall–Kier alpha value is -4.61. The summed E-state index contributed by atoms with van der Waals surface area (Å²) in [6, 6.07) is 41.8. The first-order valence-corrected chi connectivity index (χ1v) is 22.0. The van der Waals surface area contributed by atoms with Crippen LogP contribution in [0.4, 0.5) is 0 Å². The minimum Gasteiger partial charge on any atom is -0.557 e. The van der Waals surface area contributed by atoms with E-state index in [0.29, 0.717) is 17.1 Å². The van der Waals surface area contributed by atoms with E-state index in [1.807, 2.05) is 87.5 Å². The van der Waals surface area contributed by atoms with Crippen molar-refractivity contribution in [3.05, 3.63) is 145 Å². The van der Waals surface area contributed by atoms with Gasteiger partial charge >= 0.3 is 0 Å². The van der Waals surface area contributed by atoms with Crippen LogP contribution in [0.1, 0.15) is 48.5 Å². The summed E-state index contributed by atoms with van der Waals surface area (Å²) in [5.74, 6) is 1.38. The van der Waals surface area contributed by atoms with Gasteiger partial charge in [-0.25, -0.2) is 0 Å². The quantitative estimate of drug-likeness (QED) is 0.118. The van der Waals surface area contributed by atoms with Crippen LogP contribution >= 0.6 is 0 Å². The molecular formula is C48H49IrN3OSi-2. The topological polar surface area (TPSA) is 43.9 Å². The van der Waals surface area contributed by atoms with Gasteiger partial charge in [0.2, 0.25) is 0 Å². The first-order valence-electron chi connectivity index (χ1n) is 19.5. The summed E-state index contributed by atoms with van der Waals surface area (Å²) in [4.78, 5) is 9.69. The maximum absolute atomic E-state index is 8.78. The molecule has 3 aromatic heterocycles. The molecule has 277 valence electrons. The third-order valence-electron chi connectivity index (χ3n) is 9.23. The van der Waals surface area contributed by atoms with Crippen molar-refractivity contribution in [1.82, 2.24) is 14.5 Å². The smallest absolute Gasteiger partial charge is 0.0798 e. The van der Waals surface area contributed by atoms with Gasteiger partial charge in [0.25, 0.3) is 0 Å². The molecule has 1 radical (unpaired) electrons. The number of rotatable bonds is 7. The first kappa shape index (κ1) is 36.4. The van der Waals surface area contributed by atoms with Crippen molar-refractivity contribution in [2.45, 2.75) is 67.1 Å². The van der Waals surface area contributed by atoms with E-state index in [9.17, 15) is 0 Å². The van der Waals surface area contributed by atoms with Crippen LogP contribution in [0, 0.1) is 23.7 Å². The molecule has 0 amide bonds. The molecular weight excluding hydrogens is 855 g/mol. The molecule has 0 unspecified atom stereocenters. The monoisotopic (exact) mass is 906 g/mol. The Morgan fingerprint density at radius 2 is 1.59 bits per heavy atom. The Bertz CT molecular complexity index is 2610. The summed E-state index contributed by atoms with van der Waals surface area (Å²) in [7, 11) is -1.34. The van der Waals surface area contributed by atoms with Crippen molar-refractivity contribution in [2.24, 2.45) is 11.3 Å². The van der Waals surface area contributed by atoms with Crippen molar-refractivity contribution in [3.8, 4) is 28.3 Å². The number of furan rings is 1. The van der Waals surface area contributed by atoms with Crippen molar-refractivity contribution in [3.63, 3.8) is 0 Å². The molecule has 0 spiro atoms. The van der Waals surface area contributed by atoms with Crippen LogP contribution in [-0.4, -0.2) is 22.6 Å². The minimum atomic E-state index is -1.52. The van der Waals surface area contributed by atoms with E-state index in [-0.39, 0.29) is 20.1 Å². The average Bonchev–Trinajstić information content (AvgIpc) is 3.75. The van der Waals surface area contributed by atoms with Crippen LogP contribution in [0.25, 0.3) is 61.1 Å². The standard InChI is InChI=1S/C30H25N2O.C18H24NSi.Ir/c1-30(2,3)18-20-15-16-28-23(17-20)24(19-33-28)29-31-25-12-6-7-13-27(25)32(29)26-14-8-10-21-9-4-5-11-22(21)26;1-14(2)11-16-12-17(15-9-7-6-8-10-15)19-13-18(16)20(3,4)5;/h4-17H,18H2,1-3H3;6-9,12-14H,11H2,1-5H3;/q2*-1;/i18D2;;. The zero-order chi connectivity index (χ0) is 39.1. The summed E-state index contributed by atoms with van der Waals surface area (Å²) < 4.78 is 25.6. The van der Waals surface area contributed by atoms with E-state index < -0.39 is 19.9 Å². The largest absolute Gasteiger partial charge is 0.557 e. The number of benzene rings is 5. The zero-order valence-corrected chi connectivity index (χ0v) is 35.8. The van der Waals surface area contributed by atoms with E-state index in [0.717, 1.165) is 61.9 Å². The molecule has 0 aliphatic carbocycles. The van der Waals surface area contributed by atoms with Crippen LogP contribution in [0.2, 0.25) is 19.6 Å². The maximum Gasteiger partial charge on any atom is 0.0798 e. The van der Waals surface area contributed by atoms with Gasteiger partial charge in [0.1, 0.15) is 0 Å². The van der Waals surface area contributed by atoms with Gasteiger partial charge in [0.15, 0.2) is 0 Å². The molecule has 0 atom stereocenters. The van der Waals surface area contributed by atoms with Crippen molar-refractivity contribution < 1.29 is 27.3 Å². The van der Waals surface area contributed by atoms with Gasteiger partial charge in [-0.05, 0) is 58.6 Å². The molecule has 0 aliphatic rings. The normalized spacial score (nSPS) is 12.7. The Labute approximate surface area is 337 Å². The number of nitrogens with zero attached hydrogens (tertiary/aromatic N) is 3. The number of fused-ring (bicyclic) bond motifs is 3. The van der Waals surface area contributed by atoms with E-state index in [1.54, 1.807) is 0 Å². The van der Waals surface area contributed by atoms with Gasteiger partial charge in [0.05, 0.1) is 24.9 Å². The van der Waals surface area contributed by atoms with Crippen LogP contribution in [0.15, 0.2) is 126 Å². The van der Waals surface area contributed by atoms with Crippen molar-refractivity contribution >= 4 is 46.0 Å². The molecule has 0 saturated carbocycles. The summed E-state index contributed by atoms with van der Waals surface area (Å²) in [6.45, 7) is 17.5. The van der Waals surface area contributed by atoms with Gasteiger partial charge in [-0.15, -0.1) is 35.9 Å². The van der Waals surface area contributed by atoms with Gasteiger partial charge in [-0.2, -0.15) is 0 Å². The SMILES string of the molecule is CC(C)Cc1cc(-c2[c-]cccc2)ncc1[Si](C)(C)C.[2H]C([2H])(c1ccc2o[c-]c(-c3nc4ccccc4n3-c3cccc4ccccc34)c2c1)C(C)(C)C.[Ir]. The van der Waals surface area contributed by atoms with Crippen molar-refractivity contribution in [2.75, 3.05) is 0 Å². The molecule has 4 nitrogen and oxygen atoms in total. The van der Waals surface area contributed by atoms with Crippen molar-refractivity contribution in [1.29, 1.82) is 0 Å². The van der Waals surface area contributed by atoms with E-state index in [1.165, 1.54) is 10.8 Å². The predicted molar refractivity (Wildman–Crippen MR) is 226 cm³/mol. The Balaban J connectivity index is 0.000000217. The average molecular weight is 906 g/mol.